The molecule has 10 rings (SSSR count). The van der Waals surface area contributed by atoms with E-state index in [1.165, 1.54) is 9.80 Å². The second-order valence-electron chi connectivity index (χ2n) is 24.0. The Kier molecular flexibility index (Phi) is 18.8. The van der Waals surface area contributed by atoms with Gasteiger partial charge in [0.2, 0.25) is 11.8 Å². The molecule has 0 bridgehead atoms. The zero-order valence-corrected chi connectivity index (χ0v) is 47.1. The van der Waals surface area contributed by atoms with Crippen molar-refractivity contribution < 1.29 is 83.9 Å². The summed E-state index contributed by atoms with van der Waals surface area (Å²) in [5, 5.41) is 30.3. The highest BCUT2D eigenvalue weighted by Crippen LogP contribution is 2.58. The molecule has 85 heavy (non-hydrogen) atoms. The van der Waals surface area contributed by atoms with Gasteiger partial charge in [0.05, 0.1) is 57.7 Å². The molecule has 14 nitrogen and oxygen atoms in total. The number of halogens is 8. The molecule has 0 radical (unpaired) electrons. The number of carboxylic acids is 2. The van der Waals surface area contributed by atoms with Gasteiger partial charge in [0.15, 0.2) is 11.6 Å². The molecule has 0 spiro atoms. The molecular formula is C63H70F8N4O10. The Morgan fingerprint density at radius 1 is 0.659 bits per heavy atom. The van der Waals surface area contributed by atoms with E-state index in [-0.39, 0.29) is 74.6 Å². The number of benzene rings is 3. The number of hydrogen-bond acceptors (Lipinski definition) is 9. The van der Waals surface area contributed by atoms with Crippen LogP contribution in [-0.2, 0) is 60.5 Å². The van der Waals surface area contributed by atoms with Gasteiger partial charge in [-0.15, -0.1) is 0 Å². The largest absolute Gasteiger partial charge is 0.481 e. The average Bonchev–Trinajstić information content (AvgIpc) is 1.67. The fourth-order valence-electron chi connectivity index (χ4n) is 13.2. The molecule has 6 aliphatic rings. The van der Waals surface area contributed by atoms with Crippen LogP contribution in [0.2, 0.25) is 0 Å². The maximum atomic E-state index is 14.4. The van der Waals surface area contributed by atoms with Crippen molar-refractivity contribution in [2.24, 2.45) is 34.5 Å². The zero-order chi connectivity index (χ0) is 61.2. The lowest BCUT2D eigenvalue weighted by Gasteiger charge is -2.29. The minimum absolute atomic E-state index is 0.0129. The van der Waals surface area contributed by atoms with Crippen LogP contribution < -0.4 is 4.74 Å². The summed E-state index contributed by atoms with van der Waals surface area (Å²) < 4.78 is 117. The number of imidazole rings is 1. The number of fused-ring (bicyclic) bond motifs is 5. The van der Waals surface area contributed by atoms with Crippen molar-refractivity contribution in [3.63, 3.8) is 0 Å². The van der Waals surface area contributed by atoms with Crippen LogP contribution >= 0.6 is 0 Å². The SMILES string of the molecule is CCn1c(O[C@@H]2C[C@H]3C(=O)C[C@]4(C(=O)O)C[C@H]4/C=C\CCCCC[C@H](Cc4cc(F)cc(C(F)(F)F)c4)C(=O)N3C2)nc2ccccc21.O=C1C[C@]2(C(=O)O)C[C@H]2/C=C\CCCCC[C@H](Cc2cc(F)cc(C(F)(F)F)c2)C(=O)N2C[C@H](O)C[C@@H]12. The van der Waals surface area contributed by atoms with E-state index in [1.54, 1.807) is 0 Å². The van der Waals surface area contributed by atoms with Crippen molar-refractivity contribution in [1.82, 2.24) is 19.4 Å². The lowest BCUT2D eigenvalue weighted by molar-refractivity contribution is -0.148. The van der Waals surface area contributed by atoms with E-state index >= 15 is 0 Å². The van der Waals surface area contributed by atoms with Crippen LogP contribution in [0.25, 0.3) is 11.0 Å². The molecule has 4 aromatic rings. The van der Waals surface area contributed by atoms with Gasteiger partial charge < -0.3 is 29.9 Å². The number of Topliss-reactive ketones (excluding diaryl/α,β-unsaturated/α-hetero) is 2. The number of nitrogens with zero attached hydrogens (tertiary/aromatic N) is 4. The van der Waals surface area contributed by atoms with Gasteiger partial charge in [0, 0.05) is 50.6 Å². The predicted molar refractivity (Wildman–Crippen MR) is 293 cm³/mol. The molecule has 22 heteroatoms. The first kappa shape index (κ1) is 62.6. The highest BCUT2D eigenvalue weighted by atomic mass is 19.4. The summed E-state index contributed by atoms with van der Waals surface area (Å²) in [6.07, 6.45) is 2.71. The number of para-hydroxylation sites is 2. The Balaban J connectivity index is 0.000000211. The number of carboxylic acid groups (broad SMARTS) is 2. The number of aliphatic hydroxyl groups is 1. The Morgan fingerprint density at radius 3 is 1.62 bits per heavy atom. The standard InChI is InChI=1S/C36H39F4N3O5.C27H31F4NO5/c1-2-42-29-13-9-8-12-28(29)41-34(42)48-27-18-30-31(44)20-35(33(46)47)19-24(35)11-7-5-3-4-6-10-23(32(45)43(30)21-27)14-22-15-25(36(38,39)40)17-26(37)16-22;28-20-10-16(9-19(11-20)27(29,30)31)8-17-6-4-2-1-3-5-7-18-13-26(18,25(36)37)14-23(34)22-12-21(33)15-32(22)24(17)35/h7-9,11-13,15-17,23-24,27,30H,2-6,10,14,18-21H2,1H3,(H,46,47);5,7,9-11,17-18,21-22,33H,1-4,6,8,12-15H2,(H,36,37)/b11-7-;7-5-/t23-,24-,27-,30+,35-;17-,18-,21-,22+,26-/m11/s1. The summed E-state index contributed by atoms with van der Waals surface area (Å²) in [5.74, 6) is -8.18. The molecular weight excluding hydrogens is 1120 g/mol. The van der Waals surface area contributed by atoms with E-state index in [0.717, 1.165) is 61.0 Å². The summed E-state index contributed by atoms with van der Waals surface area (Å²) >= 11 is 0. The van der Waals surface area contributed by atoms with Gasteiger partial charge in [-0.3, -0.25) is 33.3 Å². The second-order valence-corrected chi connectivity index (χ2v) is 24.0. The molecule has 1 aromatic heterocycles. The van der Waals surface area contributed by atoms with E-state index < -0.39 is 117 Å². The Morgan fingerprint density at radius 2 is 1.14 bits per heavy atom. The fraction of sp³-hybridized carbons (Fsp3) is 0.540. The number of hydrogen-bond donors (Lipinski definition) is 3. The molecule has 2 saturated carbocycles. The van der Waals surface area contributed by atoms with Crippen LogP contribution in [0.4, 0.5) is 35.1 Å². The van der Waals surface area contributed by atoms with Gasteiger partial charge in [-0.05, 0) is 143 Å². The van der Waals surface area contributed by atoms with Crippen LogP contribution in [0.1, 0.15) is 132 Å². The molecule has 4 aliphatic heterocycles. The van der Waals surface area contributed by atoms with Gasteiger partial charge in [-0.25, -0.2) is 8.78 Å². The molecule has 5 heterocycles. The number of alkyl halides is 6. The highest BCUT2D eigenvalue weighted by molar-refractivity contribution is 5.96. The van der Waals surface area contributed by atoms with Crippen molar-refractivity contribution in [2.75, 3.05) is 13.1 Å². The van der Waals surface area contributed by atoms with Crippen molar-refractivity contribution in [3.8, 4) is 6.01 Å². The Bertz CT molecular complexity index is 3230. The molecule has 3 aromatic carbocycles. The van der Waals surface area contributed by atoms with Crippen LogP contribution in [0.5, 0.6) is 6.01 Å². The van der Waals surface area contributed by atoms with Crippen molar-refractivity contribution in [2.45, 2.75) is 166 Å². The van der Waals surface area contributed by atoms with E-state index in [4.69, 9.17) is 4.74 Å². The van der Waals surface area contributed by atoms with E-state index in [2.05, 4.69) is 4.98 Å². The molecule has 2 saturated heterocycles. The zero-order valence-electron chi connectivity index (χ0n) is 47.1. The number of amides is 2. The number of aliphatic carboxylic acids is 2. The highest BCUT2D eigenvalue weighted by Gasteiger charge is 2.62. The Hall–Kier alpha value is -6.97. The third kappa shape index (κ3) is 14.3. The number of carbonyl (C=O) groups excluding carboxylic acids is 4. The lowest BCUT2D eigenvalue weighted by atomic mass is 9.90. The molecule has 10 atom stereocenters. The number of carbonyl (C=O) groups is 6. The summed E-state index contributed by atoms with van der Waals surface area (Å²) in [6.45, 7) is 2.39. The van der Waals surface area contributed by atoms with E-state index in [0.29, 0.717) is 76.1 Å². The normalized spacial score (nSPS) is 29.6. The maximum Gasteiger partial charge on any atom is 0.416 e. The van der Waals surface area contributed by atoms with Crippen molar-refractivity contribution >= 4 is 46.4 Å². The number of rotatable bonds is 9. The van der Waals surface area contributed by atoms with E-state index in [1.807, 2.05) is 60.1 Å². The molecule has 0 unspecified atom stereocenters. The molecule has 3 N–H and O–H groups in total. The van der Waals surface area contributed by atoms with Gasteiger partial charge in [0.1, 0.15) is 17.7 Å². The maximum absolute atomic E-state index is 14.4. The van der Waals surface area contributed by atoms with Gasteiger partial charge in [-0.1, -0.05) is 62.1 Å². The molecule has 458 valence electrons. The first-order chi connectivity index (χ1) is 40.3. The topological polar surface area (TPSA) is 197 Å². The third-order valence-corrected chi connectivity index (χ3v) is 18.0. The first-order valence-corrected chi connectivity index (χ1v) is 29.3. The Labute approximate surface area is 486 Å². The molecule has 2 aliphatic carbocycles. The minimum Gasteiger partial charge on any atom is -0.481 e. The number of ketones is 2. The quantitative estimate of drug-likeness (QED) is 0.107. The smallest absolute Gasteiger partial charge is 0.416 e. The van der Waals surface area contributed by atoms with Crippen LogP contribution in [0, 0.1) is 46.1 Å². The number of aryl methyl sites for hydroxylation is 1. The number of aliphatic hydroxyl groups excluding tert-OH is 1. The van der Waals surface area contributed by atoms with Crippen LogP contribution in [0.15, 0.2) is 85.0 Å². The summed E-state index contributed by atoms with van der Waals surface area (Å²) in [4.78, 5) is 87.1. The third-order valence-electron chi connectivity index (χ3n) is 18.0. The van der Waals surface area contributed by atoms with Crippen molar-refractivity contribution in [3.05, 3.63) is 119 Å². The second kappa shape index (κ2) is 25.5. The average molecular weight is 1200 g/mol. The monoisotopic (exact) mass is 1190 g/mol. The fourth-order valence-corrected chi connectivity index (χ4v) is 13.2. The minimum atomic E-state index is -4.76. The molecule has 4 fully saturated rings. The van der Waals surface area contributed by atoms with Crippen LogP contribution in [-0.4, -0.2) is 107 Å². The van der Waals surface area contributed by atoms with Gasteiger partial charge in [-0.2, -0.15) is 31.3 Å². The van der Waals surface area contributed by atoms with Gasteiger partial charge in [0.25, 0.3) is 6.01 Å². The van der Waals surface area contributed by atoms with Crippen LogP contribution in [0.3, 0.4) is 0 Å². The van der Waals surface area contributed by atoms with Gasteiger partial charge >= 0.3 is 24.3 Å². The van der Waals surface area contributed by atoms with Crippen molar-refractivity contribution in [1.29, 1.82) is 0 Å². The first-order valence-electron chi connectivity index (χ1n) is 29.3. The number of ether oxygens (including phenoxy) is 1. The molecule has 2 amide bonds. The number of aromatic nitrogens is 2. The summed E-state index contributed by atoms with van der Waals surface area (Å²) in [6, 6.07) is 10.4. The summed E-state index contributed by atoms with van der Waals surface area (Å²) in [7, 11) is 0. The van der Waals surface area contributed by atoms with E-state index in [9.17, 15) is 79.2 Å². The summed E-state index contributed by atoms with van der Waals surface area (Å²) in [5.41, 5.74) is -3.08. The predicted octanol–water partition coefficient (Wildman–Crippen LogP) is 11.5. The lowest BCUT2D eigenvalue weighted by Crippen LogP contribution is -2.45. The number of allylic oxidation sites excluding steroid dienone is 4.